The monoisotopic (exact) mass is 444 g/mol. The summed E-state index contributed by atoms with van der Waals surface area (Å²) in [6, 6.07) is 5.58. The normalized spacial score (nSPS) is 23.7. The Morgan fingerprint density at radius 3 is 2.00 bits per heavy atom. The average molecular weight is 444 g/mol. The smallest absolute Gasteiger partial charge is 0.416 e. The third kappa shape index (κ3) is 4.47. The molecule has 1 aromatic carbocycles. The summed E-state index contributed by atoms with van der Waals surface area (Å²) in [6.07, 6.45) is -6.56. The maximum absolute atomic E-state index is 13.2. The summed E-state index contributed by atoms with van der Waals surface area (Å²) in [6.45, 7) is 0. The molecule has 2 saturated heterocycles. The molecular formula is C21H18F6N2O2. The Balaban J connectivity index is 1.58. The molecule has 0 N–H and O–H groups in total. The summed E-state index contributed by atoms with van der Waals surface area (Å²) in [5, 5.41) is 0. The van der Waals surface area contributed by atoms with Crippen molar-refractivity contribution in [1.29, 1.82) is 0 Å². The van der Waals surface area contributed by atoms with Crippen molar-refractivity contribution in [2.24, 2.45) is 0 Å². The highest BCUT2D eigenvalue weighted by atomic mass is 19.4. The first-order chi connectivity index (χ1) is 14.5. The van der Waals surface area contributed by atoms with Crippen molar-refractivity contribution >= 4 is 5.91 Å². The number of carbonyl (C=O) groups is 1. The number of aromatic nitrogens is 1. The number of carbonyl (C=O) groups excluding carboxylic acids is 1. The zero-order valence-electron chi connectivity index (χ0n) is 16.1. The lowest BCUT2D eigenvalue weighted by molar-refractivity contribution is -0.143. The zero-order chi connectivity index (χ0) is 22.4. The molecule has 2 aromatic rings. The molecule has 0 saturated carbocycles. The van der Waals surface area contributed by atoms with Crippen LogP contribution in [0.15, 0.2) is 42.6 Å². The van der Waals surface area contributed by atoms with Gasteiger partial charge in [0.2, 0.25) is 5.88 Å². The van der Waals surface area contributed by atoms with Crippen molar-refractivity contribution in [2.75, 3.05) is 0 Å². The van der Waals surface area contributed by atoms with E-state index in [2.05, 4.69) is 4.98 Å². The minimum atomic E-state index is -5.00. The topological polar surface area (TPSA) is 42.4 Å². The zero-order valence-corrected chi connectivity index (χ0v) is 16.1. The molecule has 31 heavy (non-hydrogen) atoms. The first-order valence-electron chi connectivity index (χ1n) is 9.72. The van der Waals surface area contributed by atoms with Gasteiger partial charge < -0.3 is 9.64 Å². The van der Waals surface area contributed by atoms with Crippen molar-refractivity contribution in [2.45, 2.75) is 56.2 Å². The third-order valence-electron chi connectivity index (χ3n) is 5.68. The number of benzene rings is 1. The summed E-state index contributed by atoms with van der Waals surface area (Å²) in [7, 11) is 0. The van der Waals surface area contributed by atoms with Gasteiger partial charge >= 0.3 is 12.4 Å². The second-order valence-corrected chi connectivity index (χ2v) is 7.77. The Kier molecular flexibility index (Phi) is 5.35. The van der Waals surface area contributed by atoms with Crippen LogP contribution >= 0.6 is 0 Å². The molecule has 1 amide bonds. The molecule has 2 aliphatic heterocycles. The van der Waals surface area contributed by atoms with E-state index >= 15 is 0 Å². The van der Waals surface area contributed by atoms with Gasteiger partial charge in [0.1, 0.15) is 6.10 Å². The van der Waals surface area contributed by atoms with Crippen molar-refractivity contribution in [3.8, 4) is 5.88 Å². The number of piperidine rings is 1. The van der Waals surface area contributed by atoms with Gasteiger partial charge in [-0.3, -0.25) is 4.79 Å². The number of halogens is 6. The van der Waals surface area contributed by atoms with E-state index in [1.165, 1.54) is 4.90 Å². The largest absolute Gasteiger partial charge is 0.474 e. The molecule has 166 valence electrons. The molecule has 2 atom stereocenters. The van der Waals surface area contributed by atoms with Crippen LogP contribution in [0, 0.1) is 0 Å². The number of alkyl halides is 6. The van der Waals surface area contributed by atoms with E-state index < -0.39 is 35.0 Å². The second-order valence-electron chi connectivity index (χ2n) is 7.77. The molecule has 4 nitrogen and oxygen atoms in total. The van der Waals surface area contributed by atoms with Crippen LogP contribution in [-0.2, 0) is 12.4 Å². The van der Waals surface area contributed by atoms with Crippen LogP contribution in [0.25, 0.3) is 0 Å². The summed E-state index contributed by atoms with van der Waals surface area (Å²) in [4.78, 5) is 18.5. The average Bonchev–Trinajstić information content (AvgIpc) is 2.97. The number of hydrogen-bond donors (Lipinski definition) is 0. The van der Waals surface area contributed by atoms with Crippen molar-refractivity contribution in [1.82, 2.24) is 9.88 Å². The Hall–Kier alpha value is -2.78. The standard InChI is InChI=1S/C21H18F6N2O2/c22-20(23,24)13-7-12(8-14(9-13)21(25,26)27)19(30)29-15-4-5-16(29)11-17(10-15)31-18-3-1-2-6-28-18/h1-3,6-9,15-17H,4-5,10-11H2. The number of fused-ring (bicyclic) bond motifs is 2. The summed E-state index contributed by atoms with van der Waals surface area (Å²) in [5.41, 5.74) is -3.60. The quantitative estimate of drug-likeness (QED) is 0.601. The number of amides is 1. The SMILES string of the molecule is O=C(c1cc(C(F)(F)F)cc(C(F)(F)F)c1)N1C2CCC1CC(Oc1ccccn1)C2. The maximum Gasteiger partial charge on any atom is 0.416 e. The number of rotatable bonds is 3. The van der Waals surface area contributed by atoms with Gasteiger partial charge in [0, 0.05) is 42.8 Å². The van der Waals surface area contributed by atoms with Gasteiger partial charge in [-0.2, -0.15) is 26.3 Å². The van der Waals surface area contributed by atoms with E-state index in [-0.39, 0.29) is 24.3 Å². The van der Waals surface area contributed by atoms with E-state index in [4.69, 9.17) is 4.74 Å². The van der Waals surface area contributed by atoms with Gasteiger partial charge in [0.25, 0.3) is 5.91 Å². The van der Waals surface area contributed by atoms with E-state index in [0.29, 0.717) is 43.7 Å². The number of ether oxygens (including phenoxy) is 1. The summed E-state index contributed by atoms with van der Waals surface area (Å²) >= 11 is 0. The van der Waals surface area contributed by atoms with E-state index in [9.17, 15) is 31.1 Å². The molecule has 0 aliphatic carbocycles. The van der Waals surface area contributed by atoms with Gasteiger partial charge in [-0.25, -0.2) is 4.98 Å². The molecule has 2 unspecified atom stereocenters. The van der Waals surface area contributed by atoms with Crippen LogP contribution in [-0.4, -0.2) is 34.0 Å². The number of hydrogen-bond acceptors (Lipinski definition) is 3. The highest BCUT2D eigenvalue weighted by molar-refractivity contribution is 5.95. The third-order valence-corrected chi connectivity index (χ3v) is 5.68. The van der Waals surface area contributed by atoms with Gasteiger partial charge in [-0.1, -0.05) is 6.07 Å². The Labute approximate surface area is 173 Å². The molecule has 10 heteroatoms. The maximum atomic E-state index is 13.2. The van der Waals surface area contributed by atoms with Gasteiger partial charge in [0.15, 0.2) is 0 Å². The predicted molar refractivity (Wildman–Crippen MR) is 97.3 cm³/mol. The molecule has 0 spiro atoms. The number of nitrogens with zero attached hydrogens (tertiary/aromatic N) is 2. The second kappa shape index (κ2) is 7.72. The Morgan fingerprint density at radius 2 is 1.52 bits per heavy atom. The lowest BCUT2D eigenvalue weighted by Crippen LogP contribution is -2.49. The lowest BCUT2D eigenvalue weighted by atomic mass is 9.97. The van der Waals surface area contributed by atoms with Crippen LogP contribution in [0.1, 0.15) is 47.2 Å². The lowest BCUT2D eigenvalue weighted by Gasteiger charge is -2.39. The van der Waals surface area contributed by atoms with E-state index in [1.807, 2.05) is 0 Å². The van der Waals surface area contributed by atoms with Crippen molar-refractivity contribution in [3.63, 3.8) is 0 Å². The van der Waals surface area contributed by atoms with Crippen molar-refractivity contribution < 1.29 is 35.9 Å². The van der Waals surface area contributed by atoms with Crippen LogP contribution in [0.2, 0.25) is 0 Å². The summed E-state index contributed by atoms with van der Waals surface area (Å²) in [5.74, 6) is -0.389. The molecule has 1 aromatic heterocycles. The first kappa shape index (κ1) is 21.5. The molecule has 0 radical (unpaired) electrons. The highest BCUT2D eigenvalue weighted by Crippen LogP contribution is 2.40. The van der Waals surface area contributed by atoms with E-state index in [1.54, 1.807) is 24.4 Å². The molecule has 2 fully saturated rings. The molecule has 4 rings (SSSR count). The predicted octanol–water partition coefficient (Wildman–Crippen LogP) is 5.33. The first-order valence-corrected chi connectivity index (χ1v) is 9.72. The fraction of sp³-hybridized carbons (Fsp3) is 0.429. The fourth-order valence-corrected chi connectivity index (χ4v) is 4.37. The van der Waals surface area contributed by atoms with Gasteiger partial charge in [0.05, 0.1) is 11.1 Å². The molecule has 2 aliphatic rings. The molecule has 2 bridgehead atoms. The summed E-state index contributed by atoms with van der Waals surface area (Å²) < 4.78 is 84.8. The van der Waals surface area contributed by atoms with Gasteiger partial charge in [-0.15, -0.1) is 0 Å². The Bertz CT molecular complexity index is 914. The highest BCUT2D eigenvalue weighted by Gasteiger charge is 2.45. The minimum absolute atomic E-state index is 0.0261. The van der Waals surface area contributed by atoms with Crippen LogP contribution < -0.4 is 4.74 Å². The fourth-order valence-electron chi connectivity index (χ4n) is 4.37. The minimum Gasteiger partial charge on any atom is -0.474 e. The van der Waals surface area contributed by atoms with E-state index in [0.717, 1.165) is 0 Å². The van der Waals surface area contributed by atoms with Crippen LogP contribution in [0.5, 0.6) is 5.88 Å². The molecule has 3 heterocycles. The molecular weight excluding hydrogens is 426 g/mol. The Morgan fingerprint density at radius 1 is 0.935 bits per heavy atom. The number of pyridine rings is 1. The van der Waals surface area contributed by atoms with Gasteiger partial charge in [-0.05, 0) is 37.1 Å². The van der Waals surface area contributed by atoms with Crippen molar-refractivity contribution in [3.05, 3.63) is 59.3 Å². The van der Waals surface area contributed by atoms with Crippen LogP contribution in [0.3, 0.4) is 0 Å². The van der Waals surface area contributed by atoms with Crippen LogP contribution in [0.4, 0.5) is 26.3 Å².